The van der Waals surface area contributed by atoms with E-state index in [4.69, 9.17) is 5.73 Å². The van der Waals surface area contributed by atoms with Crippen LogP contribution in [0.25, 0.3) is 0 Å². The van der Waals surface area contributed by atoms with Crippen LogP contribution in [0.1, 0.15) is 33.6 Å². The third-order valence-corrected chi connectivity index (χ3v) is 2.44. The lowest BCUT2D eigenvalue weighted by Crippen LogP contribution is -2.31. The Kier molecular flexibility index (Phi) is 8.09. The van der Waals surface area contributed by atoms with Gasteiger partial charge in [0.15, 0.2) is 5.96 Å². The molecular weight excluding hydrogens is 188 g/mol. The molecule has 0 amide bonds. The molecule has 0 rings (SSSR count). The minimum atomic E-state index is 0.565. The number of aliphatic imine (C=N–C) groups is 1. The molecule has 4 heteroatoms. The highest BCUT2D eigenvalue weighted by molar-refractivity contribution is 5.77. The predicted molar refractivity (Wildman–Crippen MR) is 67.2 cm³/mol. The summed E-state index contributed by atoms with van der Waals surface area (Å²) in [5, 5.41) is 2.98. The Morgan fingerprint density at radius 1 is 1.40 bits per heavy atom. The van der Waals surface area contributed by atoms with E-state index in [1.54, 1.807) is 0 Å². The normalized spacial score (nSPS) is 12.5. The standard InChI is InChI=1S/C11H26N4/c1-5-13-11(12)14-8-6-7-9-15(4)10(2)3/h10H,5-9H2,1-4H3,(H3,12,13,14). The number of rotatable bonds is 7. The van der Waals surface area contributed by atoms with Crippen LogP contribution in [0.3, 0.4) is 0 Å². The molecule has 3 N–H and O–H groups in total. The molecular formula is C11H26N4. The first-order valence-electron chi connectivity index (χ1n) is 5.82. The van der Waals surface area contributed by atoms with Gasteiger partial charge in [-0.05, 0) is 47.2 Å². The number of nitrogens with one attached hydrogen (secondary N) is 1. The summed E-state index contributed by atoms with van der Waals surface area (Å²) in [7, 11) is 2.15. The molecule has 0 fully saturated rings. The van der Waals surface area contributed by atoms with Crippen molar-refractivity contribution in [3.05, 3.63) is 0 Å². The molecule has 0 aromatic carbocycles. The smallest absolute Gasteiger partial charge is 0.188 e. The van der Waals surface area contributed by atoms with E-state index >= 15 is 0 Å². The second-order valence-corrected chi connectivity index (χ2v) is 4.08. The summed E-state index contributed by atoms with van der Waals surface area (Å²) in [6.07, 6.45) is 2.28. The Morgan fingerprint density at radius 3 is 2.60 bits per heavy atom. The highest BCUT2D eigenvalue weighted by Gasteiger charge is 2.01. The first-order chi connectivity index (χ1) is 7.07. The van der Waals surface area contributed by atoms with Gasteiger partial charge in [0, 0.05) is 19.1 Å². The molecule has 0 aliphatic carbocycles. The van der Waals surface area contributed by atoms with E-state index in [1.807, 2.05) is 6.92 Å². The van der Waals surface area contributed by atoms with Crippen LogP contribution >= 0.6 is 0 Å². The largest absolute Gasteiger partial charge is 0.370 e. The summed E-state index contributed by atoms with van der Waals surface area (Å²) in [4.78, 5) is 6.57. The van der Waals surface area contributed by atoms with Gasteiger partial charge in [-0.1, -0.05) is 0 Å². The van der Waals surface area contributed by atoms with Crippen molar-refractivity contribution in [2.45, 2.75) is 39.7 Å². The molecule has 0 bridgehead atoms. The molecule has 0 heterocycles. The van der Waals surface area contributed by atoms with Gasteiger partial charge in [-0.3, -0.25) is 4.99 Å². The van der Waals surface area contributed by atoms with Crippen molar-refractivity contribution < 1.29 is 0 Å². The lowest BCUT2D eigenvalue weighted by molar-refractivity contribution is 0.269. The summed E-state index contributed by atoms with van der Waals surface area (Å²) < 4.78 is 0. The molecule has 15 heavy (non-hydrogen) atoms. The van der Waals surface area contributed by atoms with E-state index in [1.165, 1.54) is 6.42 Å². The summed E-state index contributed by atoms with van der Waals surface area (Å²) >= 11 is 0. The van der Waals surface area contributed by atoms with E-state index in [2.05, 4.69) is 36.1 Å². The maximum atomic E-state index is 5.60. The quantitative estimate of drug-likeness (QED) is 0.378. The number of hydrogen-bond acceptors (Lipinski definition) is 2. The van der Waals surface area contributed by atoms with Crippen molar-refractivity contribution in [3.63, 3.8) is 0 Å². The zero-order valence-corrected chi connectivity index (χ0v) is 10.6. The number of nitrogens with two attached hydrogens (primary N) is 1. The Hall–Kier alpha value is -0.770. The predicted octanol–water partition coefficient (Wildman–Crippen LogP) is 1.03. The van der Waals surface area contributed by atoms with Crippen molar-refractivity contribution in [1.82, 2.24) is 10.2 Å². The Balaban J connectivity index is 3.43. The van der Waals surface area contributed by atoms with Crippen molar-refractivity contribution in [2.24, 2.45) is 10.7 Å². The first kappa shape index (κ1) is 14.2. The summed E-state index contributed by atoms with van der Waals surface area (Å²) in [6, 6.07) is 0.625. The molecule has 0 spiro atoms. The maximum absolute atomic E-state index is 5.60. The molecule has 0 aliphatic rings. The van der Waals surface area contributed by atoms with Gasteiger partial charge in [-0.15, -0.1) is 0 Å². The molecule has 0 saturated heterocycles. The summed E-state index contributed by atoms with van der Waals surface area (Å²) in [5.41, 5.74) is 5.60. The number of nitrogens with zero attached hydrogens (tertiary/aromatic N) is 2. The number of unbranched alkanes of at least 4 members (excludes halogenated alkanes) is 1. The van der Waals surface area contributed by atoms with Crippen molar-refractivity contribution in [3.8, 4) is 0 Å². The first-order valence-corrected chi connectivity index (χ1v) is 5.82. The molecule has 90 valence electrons. The zero-order valence-electron chi connectivity index (χ0n) is 10.6. The highest BCUT2D eigenvalue weighted by Crippen LogP contribution is 1.97. The van der Waals surface area contributed by atoms with Gasteiger partial charge in [-0.2, -0.15) is 0 Å². The lowest BCUT2D eigenvalue weighted by Gasteiger charge is -2.20. The van der Waals surface area contributed by atoms with Gasteiger partial charge >= 0.3 is 0 Å². The Bertz CT molecular complexity index is 177. The molecule has 0 atom stereocenters. The lowest BCUT2D eigenvalue weighted by atomic mass is 10.2. The fourth-order valence-electron chi connectivity index (χ4n) is 1.17. The van der Waals surface area contributed by atoms with Gasteiger partial charge < -0.3 is 16.0 Å². The minimum absolute atomic E-state index is 0.565. The van der Waals surface area contributed by atoms with Gasteiger partial charge in [0.1, 0.15) is 0 Å². The minimum Gasteiger partial charge on any atom is -0.370 e. The van der Waals surface area contributed by atoms with Crippen LogP contribution in [0.5, 0.6) is 0 Å². The van der Waals surface area contributed by atoms with Crippen LogP contribution in [0.15, 0.2) is 4.99 Å². The van der Waals surface area contributed by atoms with E-state index in [0.717, 1.165) is 26.1 Å². The van der Waals surface area contributed by atoms with Gasteiger partial charge in [0.2, 0.25) is 0 Å². The van der Waals surface area contributed by atoms with Crippen molar-refractivity contribution >= 4 is 5.96 Å². The molecule has 0 saturated carbocycles. The molecule has 0 unspecified atom stereocenters. The summed E-state index contributed by atoms with van der Waals surface area (Å²) in [6.45, 7) is 9.23. The van der Waals surface area contributed by atoms with E-state index in [9.17, 15) is 0 Å². The topological polar surface area (TPSA) is 53.6 Å². The van der Waals surface area contributed by atoms with Crippen LogP contribution in [-0.2, 0) is 0 Å². The Morgan fingerprint density at radius 2 is 2.07 bits per heavy atom. The zero-order chi connectivity index (χ0) is 11.7. The maximum Gasteiger partial charge on any atom is 0.188 e. The number of hydrogen-bond donors (Lipinski definition) is 2. The van der Waals surface area contributed by atoms with Crippen LogP contribution in [0.2, 0.25) is 0 Å². The van der Waals surface area contributed by atoms with Crippen molar-refractivity contribution in [1.29, 1.82) is 0 Å². The summed E-state index contributed by atoms with van der Waals surface area (Å²) in [5.74, 6) is 0.565. The molecule has 0 aliphatic heterocycles. The molecule has 0 radical (unpaired) electrons. The van der Waals surface area contributed by atoms with Crippen LogP contribution in [0.4, 0.5) is 0 Å². The molecule has 4 nitrogen and oxygen atoms in total. The fraction of sp³-hybridized carbons (Fsp3) is 0.909. The second-order valence-electron chi connectivity index (χ2n) is 4.08. The van der Waals surface area contributed by atoms with Crippen molar-refractivity contribution in [2.75, 3.05) is 26.7 Å². The van der Waals surface area contributed by atoms with Crippen LogP contribution in [0, 0.1) is 0 Å². The van der Waals surface area contributed by atoms with Gasteiger partial charge in [0.25, 0.3) is 0 Å². The monoisotopic (exact) mass is 214 g/mol. The van der Waals surface area contributed by atoms with Gasteiger partial charge in [0.05, 0.1) is 0 Å². The fourth-order valence-corrected chi connectivity index (χ4v) is 1.17. The average Bonchev–Trinajstić information content (AvgIpc) is 2.17. The van der Waals surface area contributed by atoms with Crippen LogP contribution in [-0.4, -0.2) is 43.6 Å². The molecule has 0 aromatic rings. The average molecular weight is 214 g/mol. The van der Waals surface area contributed by atoms with E-state index in [0.29, 0.717) is 12.0 Å². The van der Waals surface area contributed by atoms with E-state index in [-0.39, 0.29) is 0 Å². The highest BCUT2D eigenvalue weighted by atomic mass is 15.1. The molecule has 0 aromatic heterocycles. The third-order valence-electron chi connectivity index (χ3n) is 2.44. The second kappa shape index (κ2) is 8.53. The third kappa shape index (κ3) is 8.24. The SMILES string of the molecule is CCNC(N)=NCCCCN(C)C(C)C. The van der Waals surface area contributed by atoms with E-state index < -0.39 is 0 Å². The Labute approximate surface area is 93.9 Å². The number of guanidine groups is 1. The van der Waals surface area contributed by atoms with Crippen LogP contribution < -0.4 is 11.1 Å². The van der Waals surface area contributed by atoms with Gasteiger partial charge in [-0.25, -0.2) is 0 Å².